The predicted octanol–water partition coefficient (Wildman–Crippen LogP) is 2.14. The Balaban J connectivity index is 0.00000169. The van der Waals surface area contributed by atoms with E-state index in [1.165, 1.54) is 0 Å². The molecule has 1 aromatic rings. The molecule has 0 heterocycles. The second-order valence-corrected chi connectivity index (χ2v) is 3.28. The van der Waals surface area contributed by atoms with Gasteiger partial charge in [-0.2, -0.15) is 5.10 Å². The third-order valence-corrected chi connectivity index (χ3v) is 1.70. The van der Waals surface area contributed by atoms with Crippen LogP contribution in [-0.4, -0.2) is 24.9 Å². The first-order chi connectivity index (χ1) is 6.09. The fourth-order valence-corrected chi connectivity index (χ4v) is 1.02. The zero-order valence-corrected chi connectivity index (χ0v) is 11.2. The molecule has 0 fully saturated rings. The zero-order chi connectivity index (χ0) is 9.84. The van der Waals surface area contributed by atoms with Crippen molar-refractivity contribution in [2.45, 2.75) is 0 Å². The molecule has 3 nitrogen and oxygen atoms in total. The van der Waals surface area contributed by atoms with E-state index >= 15 is 0 Å². The van der Waals surface area contributed by atoms with E-state index in [1.54, 1.807) is 17.1 Å². The Hall–Kier alpha value is -0.490. The van der Waals surface area contributed by atoms with Crippen molar-refractivity contribution in [3.63, 3.8) is 0 Å². The minimum atomic E-state index is 0. The van der Waals surface area contributed by atoms with E-state index in [9.17, 15) is 0 Å². The van der Waals surface area contributed by atoms with Gasteiger partial charge in [-0.1, -0.05) is 11.6 Å². The van der Waals surface area contributed by atoms with Gasteiger partial charge in [-0.15, -0.1) is 24.0 Å². The number of hydrazone groups is 1. The smallest absolute Gasteiger partial charge is 0.150 e. The number of halogens is 2. The molecular formula is C9H13ClIN3. The van der Waals surface area contributed by atoms with Crippen molar-refractivity contribution in [1.29, 1.82) is 0 Å². The van der Waals surface area contributed by atoms with Crippen molar-refractivity contribution in [2.75, 3.05) is 14.1 Å². The lowest BCUT2D eigenvalue weighted by atomic mass is 10.2. The minimum absolute atomic E-state index is 0. The number of amidine groups is 1. The summed E-state index contributed by atoms with van der Waals surface area (Å²) in [6.07, 6.45) is 0. The molecule has 0 aliphatic rings. The van der Waals surface area contributed by atoms with Crippen molar-refractivity contribution in [1.82, 2.24) is 5.01 Å². The lowest BCUT2D eigenvalue weighted by Crippen LogP contribution is -2.18. The number of hydrogen-bond acceptors (Lipinski definition) is 2. The van der Waals surface area contributed by atoms with Gasteiger partial charge >= 0.3 is 0 Å². The molecule has 0 saturated carbocycles. The summed E-state index contributed by atoms with van der Waals surface area (Å²) in [4.78, 5) is 0. The van der Waals surface area contributed by atoms with Crippen LogP contribution in [0.2, 0.25) is 5.02 Å². The van der Waals surface area contributed by atoms with Gasteiger partial charge in [0, 0.05) is 24.7 Å². The lowest BCUT2D eigenvalue weighted by molar-refractivity contribution is 0.437. The summed E-state index contributed by atoms with van der Waals surface area (Å²) in [7, 11) is 3.64. The van der Waals surface area contributed by atoms with Crippen LogP contribution in [-0.2, 0) is 0 Å². The third-order valence-electron chi connectivity index (χ3n) is 1.45. The highest BCUT2D eigenvalue weighted by atomic mass is 127. The van der Waals surface area contributed by atoms with Gasteiger partial charge in [0.25, 0.3) is 0 Å². The summed E-state index contributed by atoms with van der Waals surface area (Å²) < 4.78 is 0. The SMILES string of the molecule is CN(C)/N=C(\N)c1ccc(Cl)cc1.I. The molecule has 1 aromatic carbocycles. The molecule has 2 N–H and O–H groups in total. The molecular weight excluding hydrogens is 312 g/mol. The van der Waals surface area contributed by atoms with Crippen LogP contribution in [0.25, 0.3) is 0 Å². The minimum Gasteiger partial charge on any atom is -0.382 e. The fourth-order valence-electron chi connectivity index (χ4n) is 0.894. The zero-order valence-electron chi connectivity index (χ0n) is 8.07. The normalized spacial score (nSPS) is 10.6. The summed E-state index contributed by atoms with van der Waals surface area (Å²) in [5.74, 6) is 0.488. The third kappa shape index (κ3) is 4.15. The van der Waals surface area contributed by atoms with Gasteiger partial charge in [0.05, 0.1) is 0 Å². The van der Waals surface area contributed by atoms with Crippen LogP contribution in [0, 0.1) is 0 Å². The molecule has 1 rings (SSSR count). The molecule has 0 amide bonds. The summed E-state index contributed by atoms with van der Waals surface area (Å²) in [5, 5.41) is 6.41. The molecule has 0 atom stereocenters. The fraction of sp³-hybridized carbons (Fsp3) is 0.222. The number of rotatable bonds is 2. The van der Waals surface area contributed by atoms with E-state index in [-0.39, 0.29) is 24.0 Å². The predicted molar refractivity (Wildman–Crippen MR) is 71.3 cm³/mol. The molecule has 0 saturated heterocycles. The average Bonchev–Trinajstić information content (AvgIpc) is 2.04. The van der Waals surface area contributed by atoms with Crippen LogP contribution in [0.3, 0.4) is 0 Å². The van der Waals surface area contributed by atoms with Crippen molar-refractivity contribution >= 4 is 41.4 Å². The Kier molecular flexibility index (Phi) is 5.87. The summed E-state index contributed by atoms with van der Waals surface area (Å²) in [6, 6.07) is 7.25. The molecule has 0 radical (unpaired) electrons. The second kappa shape index (κ2) is 6.08. The maximum atomic E-state index is 5.73. The Morgan fingerprint density at radius 1 is 1.29 bits per heavy atom. The molecule has 0 aromatic heterocycles. The molecule has 0 unspecified atom stereocenters. The molecule has 0 aliphatic carbocycles. The maximum absolute atomic E-state index is 5.73. The molecule has 0 spiro atoms. The highest BCUT2D eigenvalue weighted by molar-refractivity contribution is 14.0. The lowest BCUT2D eigenvalue weighted by Gasteiger charge is -2.06. The van der Waals surface area contributed by atoms with Gasteiger partial charge in [0.1, 0.15) is 0 Å². The standard InChI is InChI=1S/C9H12ClN3.HI/c1-13(2)12-9(11)7-3-5-8(10)6-4-7;/h3-6H,1-2H3,(H2,11,12);1H. The van der Waals surface area contributed by atoms with Crippen LogP contribution >= 0.6 is 35.6 Å². The molecule has 0 bridgehead atoms. The van der Waals surface area contributed by atoms with Gasteiger partial charge < -0.3 is 10.7 Å². The van der Waals surface area contributed by atoms with E-state index in [4.69, 9.17) is 17.3 Å². The molecule has 14 heavy (non-hydrogen) atoms. The monoisotopic (exact) mass is 325 g/mol. The van der Waals surface area contributed by atoms with Crippen molar-refractivity contribution in [3.05, 3.63) is 34.9 Å². The van der Waals surface area contributed by atoms with E-state index < -0.39 is 0 Å². The maximum Gasteiger partial charge on any atom is 0.150 e. The Bertz CT molecular complexity index is 308. The summed E-state index contributed by atoms with van der Waals surface area (Å²) in [6.45, 7) is 0. The Labute approximate surface area is 106 Å². The van der Waals surface area contributed by atoms with E-state index in [1.807, 2.05) is 26.2 Å². The van der Waals surface area contributed by atoms with E-state index in [2.05, 4.69) is 5.10 Å². The topological polar surface area (TPSA) is 41.6 Å². The Morgan fingerprint density at radius 3 is 2.21 bits per heavy atom. The van der Waals surface area contributed by atoms with Gasteiger partial charge in [-0.3, -0.25) is 0 Å². The van der Waals surface area contributed by atoms with Crippen molar-refractivity contribution < 1.29 is 0 Å². The molecule has 78 valence electrons. The largest absolute Gasteiger partial charge is 0.382 e. The quantitative estimate of drug-likeness (QED) is 0.392. The number of benzene rings is 1. The van der Waals surface area contributed by atoms with Crippen molar-refractivity contribution in [2.24, 2.45) is 10.8 Å². The van der Waals surface area contributed by atoms with E-state index in [0.29, 0.717) is 10.9 Å². The number of nitrogens with two attached hydrogens (primary N) is 1. The highest BCUT2D eigenvalue weighted by Gasteiger charge is 1.97. The molecule has 0 aliphatic heterocycles. The van der Waals surface area contributed by atoms with Crippen LogP contribution < -0.4 is 5.73 Å². The second-order valence-electron chi connectivity index (χ2n) is 2.84. The first kappa shape index (κ1) is 13.5. The van der Waals surface area contributed by atoms with Gasteiger partial charge in [0.15, 0.2) is 5.84 Å². The first-order valence-electron chi connectivity index (χ1n) is 3.87. The molecule has 5 heteroatoms. The summed E-state index contributed by atoms with van der Waals surface area (Å²) >= 11 is 5.73. The van der Waals surface area contributed by atoms with Gasteiger partial charge in [-0.25, -0.2) is 0 Å². The van der Waals surface area contributed by atoms with Crippen LogP contribution in [0.1, 0.15) is 5.56 Å². The number of nitrogens with zero attached hydrogens (tertiary/aromatic N) is 2. The van der Waals surface area contributed by atoms with Crippen LogP contribution in [0.15, 0.2) is 29.4 Å². The number of hydrogen-bond donors (Lipinski definition) is 1. The van der Waals surface area contributed by atoms with Crippen LogP contribution in [0.4, 0.5) is 0 Å². The highest BCUT2D eigenvalue weighted by Crippen LogP contribution is 2.09. The summed E-state index contributed by atoms with van der Waals surface area (Å²) in [5.41, 5.74) is 6.58. The first-order valence-corrected chi connectivity index (χ1v) is 4.25. The van der Waals surface area contributed by atoms with E-state index in [0.717, 1.165) is 5.56 Å². The van der Waals surface area contributed by atoms with Gasteiger partial charge in [0.2, 0.25) is 0 Å². The Morgan fingerprint density at radius 2 is 1.79 bits per heavy atom. The average molecular weight is 326 g/mol. The van der Waals surface area contributed by atoms with Crippen LogP contribution in [0.5, 0.6) is 0 Å². The van der Waals surface area contributed by atoms with Crippen molar-refractivity contribution in [3.8, 4) is 0 Å². The van der Waals surface area contributed by atoms with Gasteiger partial charge in [-0.05, 0) is 24.3 Å².